The number of fused-ring (bicyclic) bond motifs is 1. The zero-order valence-corrected chi connectivity index (χ0v) is 12.7. The van der Waals surface area contributed by atoms with Gasteiger partial charge in [0.25, 0.3) is 0 Å². The molecule has 2 heterocycles. The largest absolute Gasteiger partial charge is 0.493 e. The van der Waals surface area contributed by atoms with Crippen molar-refractivity contribution in [3.8, 4) is 5.75 Å². The minimum absolute atomic E-state index is 0.252. The van der Waals surface area contributed by atoms with Gasteiger partial charge in [-0.25, -0.2) is 0 Å². The van der Waals surface area contributed by atoms with Crippen LogP contribution >= 0.6 is 0 Å². The van der Waals surface area contributed by atoms with Gasteiger partial charge in [0.2, 0.25) is 0 Å². The van der Waals surface area contributed by atoms with Crippen molar-refractivity contribution in [1.82, 2.24) is 10.3 Å². The molecule has 1 aliphatic heterocycles. The highest BCUT2D eigenvalue weighted by Crippen LogP contribution is 2.40. The van der Waals surface area contributed by atoms with Gasteiger partial charge in [0, 0.05) is 29.4 Å². The van der Waals surface area contributed by atoms with Gasteiger partial charge >= 0.3 is 0 Å². The first-order valence-corrected chi connectivity index (χ1v) is 7.67. The summed E-state index contributed by atoms with van der Waals surface area (Å²) in [5.74, 6) is 1.36. The molecule has 3 rings (SSSR count). The molecule has 0 fully saturated rings. The number of hydrogen-bond acceptors (Lipinski definition) is 3. The Kier molecular flexibility index (Phi) is 4.20. The number of aromatic nitrogens is 1. The fourth-order valence-electron chi connectivity index (χ4n) is 2.92. The quantitative estimate of drug-likeness (QED) is 0.909. The molecule has 1 N–H and O–H groups in total. The molecule has 0 saturated carbocycles. The van der Waals surface area contributed by atoms with Crippen LogP contribution in [0.15, 0.2) is 42.6 Å². The number of ether oxygens (including phenoxy) is 1. The fourth-order valence-corrected chi connectivity index (χ4v) is 2.92. The highest BCUT2D eigenvalue weighted by Gasteiger charge is 2.31. The van der Waals surface area contributed by atoms with Crippen molar-refractivity contribution in [2.75, 3.05) is 13.2 Å². The van der Waals surface area contributed by atoms with Gasteiger partial charge in [0.05, 0.1) is 6.61 Å². The number of nitrogens with one attached hydrogen (secondary N) is 1. The van der Waals surface area contributed by atoms with Crippen molar-refractivity contribution in [3.05, 3.63) is 59.4 Å². The summed E-state index contributed by atoms with van der Waals surface area (Å²) in [5, 5.41) is 3.67. The second kappa shape index (κ2) is 6.27. The maximum Gasteiger partial charge on any atom is 0.122 e. The van der Waals surface area contributed by atoms with Gasteiger partial charge in [-0.3, -0.25) is 4.98 Å². The molecule has 0 radical (unpaired) electrons. The van der Waals surface area contributed by atoms with Crippen LogP contribution in [0, 0.1) is 6.92 Å². The van der Waals surface area contributed by atoms with E-state index in [4.69, 9.17) is 4.74 Å². The van der Waals surface area contributed by atoms with E-state index < -0.39 is 0 Å². The lowest BCUT2D eigenvalue weighted by molar-refractivity contribution is 0.299. The van der Waals surface area contributed by atoms with Crippen molar-refractivity contribution >= 4 is 0 Å². The first kappa shape index (κ1) is 14.1. The standard InChI is InChI=1S/C18H22N2O/c1-3-10-19-18(14-9-8-13(2)20-11-14)16-12-21-17-7-5-4-6-15(16)17/h4-9,11,16,18-19H,3,10,12H2,1-2H3. The molecule has 1 aromatic carbocycles. The zero-order chi connectivity index (χ0) is 14.7. The van der Waals surface area contributed by atoms with Crippen molar-refractivity contribution in [2.24, 2.45) is 0 Å². The Balaban J connectivity index is 1.91. The molecule has 1 aliphatic rings. The molecule has 0 saturated heterocycles. The molecule has 2 aromatic rings. The predicted octanol–water partition coefficient (Wildman–Crippen LogP) is 3.61. The summed E-state index contributed by atoms with van der Waals surface area (Å²) in [6.45, 7) is 5.94. The number of para-hydroxylation sites is 1. The van der Waals surface area contributed by atoms with E-state index in [0.717, 1.165) is 31.0 Å². The van der Waals surface area contributed by atoms with Crippen LogP contribution in [0.4, 0.5) is 0 Å². The molecule has 2 unspecified atom stereocenters. The Morgan fingerprint density at radius 1 is 1.29 bits per heavy atom. The average Bonchev–Trinajstić information content (AvgIpc) is 2.93. The van der Waals surface area contributed by atoms with E-state index in [-0.39, 0.29) is 6.04 Å². The highest BCUT2D eigenvalue weighted by atomic mass is 16.5. The molecular weight excluding hydrogens is 260 g/mol. The number of hydrogen-bond donors (Lipinski definition) is 1. The second-order valence-corrected chi connectivity index (χ2v) is 5.62. The SMILES string of the molecule is CCCNC(c1ccc(C)nc1)C1COc2ccccc21. The van der Waals surface area contributed by atoms with Crippen LogP contribution in [0.3, 0.4) is 0 Å². The topological polar surface area (TPSA) is 34.2 Å². The van der Waals surface area contributed by atoms with Crippen molar-refractivity contribution in [3.63, 3.8) is 0 Å². The van der Waals surface area contributed by atoms with Gasteiger partial charge in [-0.2, -0.15) is 0 Å². The smallest absolute Gasteiger partial charge is 0.122 e. The van der Waals surface area contributed by atoms with E-state index in [0.29, 0.717) is 5.92 Å². The van der Waals surface area contributed by atoms with Crippen LogP contribution in [0.25, 0.3) is 0 Å². The summed E-state index contributed by atoms with van der Waals surface area (Å²) in [5.41, 5.74) is 3.59. The first-order valence-electron chi connectivity index (χ1n) is 7.67. The van der Waals surface area contributed by atoms with Gasteiger partial charge in [0.1, 0.15) is 5.75 Å². The molecule has 110 valence electrons. The molecule has 0 spiro atoms. The lowest BCUT2D eigenvalue weighted by Gasteiger charge is -2.24. The molecule has 2 atom stereocenters. The molecular formula is C18H22N2O. The minimum Gasteiger partial charge on any atom is -0.493 e. The maximum atomic E-state index is 5.86. The number of aryl methyl sites for hydroxylation is 1. The number of pyridine rings is 1. The van der Waals surface area contributed by atoms with Gasteiger partial charge in [-0.15, -0.1) is 0 Å². The summed E-state index contributed by atoms with van der Waals surface area (Å²) < 4.78 is 5.86. The molecule has 21 heavy (non-hydrogen) atoms. The maximum absolute atomic E-state index is 5.86. The highest BCUT2D eigenvalue weighted by molar-refractivity contribution is 5.42. The average molecular weight is 282 g/mol. The van der Waals surface area contributed by atoms with Crippen molar-refractivity contribution < 1.29 is 4.74 Å². The van der Waals surface area contributed by atoms with Crippen LogP contribution in [-0.4, -0.2) is 18.1 Å². The fraction of sp³-hybridized carbons (Fsp3) is 0.389. The third-order valence-corrected chi connectivity index (χ3v) is 4.05. The molecule has 3 heteroatoms. The summed E-state index contributed by atoms with van der Waals surface area (Å²) in [7, 11) is 0. The van der Waals surface area contributed by atoms with E-state index in [2.05, 4.69) is 47.6 Å². The van der Waals surface area contributed by atoms with E-state index in [9.17, 15) is 0 Å². The van der Waals surface area contributed by atoms with Crippen molar-refractivity contribution in [1.29, 1.82) is 0 Å². The Morgan fingerprint density at radius 2 is 2.14 bits per heavy atom. The van der Waals surface area contributed by atoms with Gasteiger partial charge in [-0.1, -0.05) is 31.2 Å². The summed E-state index contributed by atoms with van der Waals surface area (Å²) in [6.07, 6.45) is 3.11. The molecule has 1 aromatic heterocycles. The Morgan fingerprint density at radius 3 is 2.90 bits per heavy atom. The van der Waals surface area contributed by atoms with E-state index >= 15 is 0 Å². The summed E-state index contributed by atoms with van der Waals surface area (Å²) in [6, 6.07) is 12.9. The predicted molar refractivity (Wildman–Crippen MR) is 84.7 cm³/mol. The summed E-state index contributed by atoms with van der Waals surface area (Å²) in [4.78, 5) is 4.45. The third-order valence-electron chi connectivity index (χ3n) is 4.05. The molecule has 0 amide bonds. The van der Waals surface area contributed by atoms with Crippen molar-refractivity contribution in [2.45, 2.75) is 32.2 Å². The molecule has 0 bridgehead atoms. The number of nitrogens with zero attached hydrogens (tertiary/aromatic N) is 1. The van der Waals surface area contributed by atoms with Crippen LogP contribution in [0.2, 0.25) is 0 Å². The third kappa shape index (κ3) is 2.93. The van der Waals surface area contributed by atoms with Crippen LogP contribution < -0.4 is 10.1 Å². The van der Waals surface area contributed by atoms with Gasteiger partial charge in [-0.05, 0) is 37.6 Å². The Labute approximate surface area is 126 Å². The number of rotatable bonds is 5. The van der Waals surface area contributed by atoms with Gasteiger partial charge < -0.3 is 10.1 Å². The summed E-state index contributed by atoms with van der Waals surface area (Å²) >= 11 is 0. The Hall–Kier alpha value is -1.87. The molecule has 0 aliphatic carbocycles. The van der Waals surface area contributed by atoms with E-state index in [1.807, 2.05) is 19.2 Å². The van der Waals surface area contributed by atoms with Crippen LogP contribution in [0.5, 0.6) is 5.75 Å². The van der Waals surface area contributed by atoms with E-state index in [1.165, 1.54) is 11.1 Å². The normalized spacial score (nSPS) is 18.1. The first-order chi connectivity index (χ1) is 10.3. The van der Waals surface area contributed by atoms with Crippen LogP contribution in [0.1, 0.15) is 42.1 Å². The second-order valence-electron chi connectivity index (χ2n) is 5.62. The minimum atomic E-state index is 0.252. The van der Waals surface area contributed by atoms with Crippen LogP contribution in [-0.2, 0) is 0 Å². The lowest BCUT2D eigenvalue weighted by atomic mass is 9.89. The Bertz CT molecular complexity index is 594. The molecule has 3 nitrogen and oxygen atoms in total. The number of benzene rings is 1. The van der Waals surface area contributed by atoms with E-state index in [1.54, 1.807) is 0 Å². The lowest BCUT2D eigenvalue weighted by Crippen LogP contribution is -2.28. The monoisotopic (exact) mass is 282 g/mol. The van der Waals surface area contributed by atoms with Gasteiger partial charge in [0.15, 0.2) is 0 Å². The zero-order valence-electron chi connectivity index (χ0n) is 12.7.